The summed E-state index contributed by atoms with van der Waals surface area (Å²) >= 11 is 6.97. The molecule has 4 aromatic rings. The lowest BCUT2D eigenvalue weighted by molar-refractivity contribution is 0.102. The fourth-order valence-corrected chi connectivity index (χ4v) is 4.39. The number of hydrogen-bond donors (Lipinski definition) is 1. The first kappa shape index (κ1) is 19.1. The fourth-order valence-electron chi connectivity index (χ4n) is 3.17. The van der Waals surface area contributed by atoms with E-state index in [4.69, 9.17) is 13.9 Å². The largest absolute Gasteiger partial charge is 0.486 e. The van der Waals surface area contributed by atoms with Crippen molar-refractivity contribution in [3.05, 3.63) is 69.1 Å². The van der Waals surface area contributed by atoms with Crippen LogP contribution >= 0.6 is 31.9 Å². The van der Waals surface area contributed by atoms with E-state index in [2.05, 4.69) is 42.2 Å². The molecule has 0 atom stereocenters. The third-order valence-electron chi connectivity index (χ3n) is 4.61. The number of fused-ring (bicyclic) bond motifs is 2. The molecule has 3 aromatic carbocycles. The molecule has 8 heteroatoms. The van der Waals surface area contributed by atoms with Crippen LogP contribution in [-0.4, -0.2) is 24.1 Å². The minimum atomic E-state index is -0.245. The van der Waals surface area contributed by atoms with E-state index in [0.29, 0.717) is 53.0 Å². The Bertz CT molecular complexity index is 1290. The molecule has 0 saturated carbocycles. The van der Waals surface area contributed by atoms with Crippen molar-refractivity contribution < 1.29 is 18.7 Å². The molecule has 0 aliphatic carbocycles. The SMILES string of the molecule is O=C(Nc1ccc2oc(-c3ccc(Br)cc3Br)nc2c1)c1ccc2c(c1)OCCO2. The number of aromatic nitrogens is 1. The molecular weight excluding hydrogens is 516 g/mol. The maximum Gasteiger partial charge on any atom is 0.255 e. The maximum atomic E-state index is 12.7. The van der Waals surface area contributed by atoms with Crippen LogP contribution < -0.4 is 14.8 Å². The molecule has 1 aliphatic heterocycles. The molecule has 1 aliphatic rings. The minimum Gasteiger partial charge on any atom is -0.486 e. The van der Waals surface area contributed by atoms with Gasteiger partial charge in [0.25, 0.3) is 5.91 Å². The number of halogens is 2. The molecule has 30 heavy (non-hydrogen) atoms. The normalized spacial score (nSPS) is 12.7. The lowest BCUT2D eigenvalue weighted by Gasteiger charge is -2.18. The van der Waals surface area contributed by atoms with Crippen LogP contribution in [0, 0.1) is 0 Å². The quantitative estimate of drug-likeness (QED) is 0.350. The molecule has 0 unspecified atom stereocenters. The van der Waals surface area contributed by atoms with Gasteiger partial charge in [-0.05, 0) is 70.5 Å². The number of rotatable bonds is 3. The number of carbonyl (C=O) groups excluding carboxylic acids is 1. The van der Waals surface area contributed by atoms with Crippen molar-refractivity contribution in [2.45, 2.75) is 0 Å². The zero-order valence-electron chi connectivity index (χ0n) is 15.4. The summed E-state index contributed by atoms with van der Waals surface area (Å²) in [6.45, 7) is 0.979. The molecule has 0 fully saturated rings. The molecule has 1 N–H and O–H groups in total. The molecule has 2 heterocycles. The molecule has 0 spiro atoms. The van der Waals surface area contributed by atoms with E-state index in [1.54, 1.807) is 36.4 Å². The Balaban J connectivity index is 1.40. The van der Waals surface area contributed by atoms with Crippen LogP contribution in [0.1, 0.15) is 10.4 Å². The van der Waals surface area contributed by atoms with Gasteiger partial charge >= 0.3 is 0 Å². The third kappa shape index (κ3) is 3.68. The second-order valence-electron chi connectivity index (χ2n) is 6.64. The van der Waals surface area contributed by atoms with E-state index < -0.39 is 0 Å². The number of anilines is 1. The Morgan fingerprint density at radius 2 is 1.77 bits per heavy atom. The number of nitrogens with zero attached hydrogens (tertiary/aromatic N) is 1. The molecule has 1 amide bonds. The maximum absolute atomic E-state index is 12.7. The number of oxazole rings is 1. The average Bonchev–Trinajstić information content (AvgIpc) is 3.16. The fraction of sp³-hybridized carbons (Fsp3) is 0.0909. The zero-order chi connectivity index (χ0) is 20.7. The van der Waals surface area contributed by atoms with Crippen molar-refractivity contribution in [1.82, 2.24) is 4.98 Å². The van der Waals surface area contributed by atoms with Crippen molar-refractivity contribution >= 4 is 54.6 Å². The van der Waals surface area contributed by atoms with Crippen molar-refractivity contribution in [1.29, 1.82) is 0 Å². The van der Waals surface area contributed by atoms with Gasteiger partial charge < -0.3 is 19.2 Å². The summed E-state index contributed by atoms with van der Waals surface area (Å²) in [7, 11) is 0. The Morgan fingerprint density at radius 1 is 0.933 bits per heavy atom. The monoisotopic (exact) mass is 528 g/mol. The predicted molar refractivity (Wildman–Crippen MR) is 120 cm³/mol. The van der Waals surface area contributed by atoms with Gasteiger partial charge in [-0.15, -0.1) is 0 Å². The van der Waals surface area contributed by atoms with Crippen LogP contribution in [0.3, 0.4) is 0 Å². The van der Waals surface area contributed by atoms with Gasteiger partial charge in [0, 0.05) is 20.2 Å². The molecular formula is C22H14Br2N2O4. The summed E-state index contributed by atoms with van der Waals surface area (Å²) < 4.78 is 18.8. The highest BCUT2D eigenvalue weighted by Crippen LogP contribution is 2.33. The van der Waals surface area contributed by atoms with E-state index in [0.717, 1.165) is 14.5 Å². The summed E-state index contributed by atoms with van der Waals surface area (Å²) in [5.41, 5.74) is 3.24. The highest BCUT2D eigenvalue weighted by atomic mass is 79.9. The van der Waals surface area contributed by atoms with E-state index in [-0.39, 0.29) is 5.91 Å². The summed E-state index contributed by atoms with van der Waals surface area (Å²) in [4.78, 5) is 17.2. The second-order valence-corrected chi connectivity index (χ2v) is 8.41. The van der Waals surface area contributed by atoms with E-state index in [9.17, 15) is 4.79 Å². The Hall–Kier alpha value is -2.84. The van der Waals surface area contributed by atoms with Crippen LogP contribution in [0.5, 0.6) is 11.5 Å². The topological polar surface area (TPSA) is 73.6 Å². The first-order valence-corrected chi connectivity index (χ1v) is 10.7. The summed E-state index contributed by atoms with van der Waals surface area (Å²) in [6, 6.07) is 16.3. The van der Waals surface area contributed by atoms with Crippen LogP contribution in [0.4, 0.5) is 5.69 Å². The van der Waals surface area contributed by atoms with Crippen molar-refractivity contribution in [2.24, 2.45) is 0 Å². The van der Waals surface area contributed by atoms with Crippen LogP contribution in [0.15, 0.2) is 68.0 Å². The Morgan fingerprint density at radius 3 is 2.60 bits per heavy atom. The van der Waals surface area contributed by atoms with Gasteiger partial charge in [-0.2, -0.15) is 0 Å². The van der Waals surface area contributed by atoms with Gasteiger partial charge in [0.15, 0.2) is 17.1 Å². The first-order chi connectivity index (χ1) is 14.6. The molecule has 1 aromatic heterocycles. The summed E-state index contributed by atoms with van der Waals surface area (Å²) in [5, 5.41) is 2.89. The molecule has 0 radical (unpaired) electrons. The van der Waals surface area contributed by atoms with E-state index >= 15 is 0 Å². The molecule has 5 rings (SSSR count). The number of nitrogens with one attached hydrogen (secondary N) is 1. The number of ether oxygens (including phenoxy) is 2. The molecule has 6 nitrogen and oxygen atoms in total. The van der Waals surface area contributed by atoms with E-state index in [1.807, 2.05) is 18.2 Å². The van der Waals surface area contributed by atoms with Crippen molar-refractivity contribution in [3.8, 4) is 23.0 Å². The zero-order valence-corrected chi connectivity index (χ0v) is 18.6. The van der Waals surface area contributed by atoms with Gasteiger partial charge in [-0.25, -0.2) is 4.98 Å². The number of hydrogen-bond acceptors (Lipinski definition) is 5. The highest BCUT2D eigenvalue weighted by molar-refractivity contribution is 9.11. The second kappa shape index (κ2) is 7.77. The lowest BCUT2D eigenvalue weighted by atomic mass is 10.1. The smallest absolute Gasteiger partial charge is 0.255 e. The van der Waals surface area contributed by atoms with Crippen molar-refractivity contribution in [3.63, 3.8) is 0 Å². The van der Waals surface area contributed by atoms with Crippen molar-refractivity contribution in [2.75, 3.05) is 18.5 Å². The van der Waals surface area contributed by atoms with Gasteiger partial charge in [-0.3, -0.25) is 4.79 Å². The molecule has 150 valence electrons. The van der Waals surface area contributed by atoms with Crippen LogP contribution in [0.2, 0.25) is 0 Å². The molecule has 0 saturated heterocycles. The third-order valence-corrected chi connectivity index (χ3v) is 5.76. The number of amides is 1. The van der Waals surface area contributed by atoms with Gasteiger partial charge in [0.1, 0.15) is 18.7 Å². The number of carbonyl (C=O) groups is 1. The summed E-state index contributed by atoms with van der Waals surface area (Å²) in [5.74, 6) is 1.48. The Labute approximate surface area is 188 Å². The van der Waals surface area contributed by atoms with Gasteiger partial charge in [0.05, 0.1) is 5.56 Å². The summed E-state index contributed by atoms with van der Waals surface area (Å²) in [6.07, 6.45) is 0. The molecule has 0 bridgehead atoms. The average molecular weight is 530 g/mol. The highest BCUT2D eigenvalue weighted by Gasteiger charge is 2.16. The van der Waals surface area contributed by atoms with E-state index in [1.165, 1.54) is 0 Å². The van der Waals surface area contributed by atoms with Crippen LogP contribution in [-0.2, 0) is 0 Å². The van der Waals surface area contributed by atoms with Gasteiger partial charge in [0.2, 0.25) is 5.89 Å². The number of benzene rings is 3. The Kier molecular flexibility index (Phi) is 4.96. The van der Waals surface area contributed by atoms with Gasteiger partial charge in [-0.1, -0.05) is 15.9 Å². The standard InChI is InChI=1S/C22H14Br2N2O4/c23-13-2-4-15(16(24)10-13)22-26-17-11-14(3-6-18(17)30-22)25-21(27)12-1-5-19-20(9-12)29-8-7-28-19/h1-6,9-11H,7-8H2,(H,25,27). The minimum absolute atomic E-state index is 0.245. The predicted octanol–water partition coefficient (Wildman–Crippen LogP) is 6.04. The first-order valence-electron chi connectivity index (χ1n) is 9.14. The van der Waals surface area contributed by atoms with Crippen LogP contribution in [0.25, 0.3) is 22.6 Å². The lowest BCUT2D eigenvalue weighted by Crippen LogP contribution is -2.17.